The monoisotopic (exact) mass is 459 g/mol. The first-order valence-electron chi connectivity index (χ1n) is 7.41. The minimum atomic E-state index is -0.131. The van der Waals surface area contributed by atoms with Gasteiger partial charge >= 0.3 is 0 Å². The van der Waals surface area contributed by atoms with E-state index in [0.29, 0.717) is 17.6 Å². The summed E-state index contributed by atoms with van der Waals surface area (Å²) in [5.41, 5.74) is 2.89. The average Bonchev–Trinajstić information content (AvgIpc) is 2.86. The SMILES string of the molecule is C=C(/C(C=N)=C/N(C)C)c1cc(=C)/c(=C\C(C)=C(\F)CC)n1SI. The van der Waals surface area contributed by atoms with Gasteiger partial charge in [-0.1, -0.05) is 20.1 Å². The Morgan fingerprint density at radius 3 is 2.58 bits per heavy atom. The normalized spacial score (nSPS) is 13.8. The number of hydrogen-bond donors (Lipinski definition) is 1. The van der Waals surface area contributed by atoms with Gasteiger partial charge in [0.1, 0.15) is 5.83 Å². The first-order chi connectivity index (χ1) is 11.3. The van der Waals surface area contributed by atoms with Crippen LogP contribution in [0.3, 0.4) is 0 Å². The van der Waals surface area contributed by atoms with Gasteiger partial charge in [-0.05, 0) is 36.3 Å². The summed E-state index contributed by atoms with van der Waals surface area (Å²) >= 11 is 2.18. The van der Waals surface area contributed by atoms with E-state index in [-0.39, 0.29) is 5.83 Å². The van der Waals surface area contributed by atoms with Gasteiger partial charge in [0.25, 0.3) is 0 Å². The molecular weight excluding hydrogens is 436 g/mol. The highest BCUT2D eigenvalue weighted by molar-refractivity contribution is 14.2. The molecule has 0 amide bonds. The average molecular weight is 459 g/mol. The lowest BCUT2D eigenvalue weighted by Gasteiger charge is -2.12. The van der Waals surface area contributed by atoms with E-state index in [1.54, 1.807) is 13.8 Å². The number of nitrogens with zero attached hydrogens (tertiary/aromatic N) is 2. The summed E-state index contributed by atoms with van der Waals surface area (Å²) in [6, 6.07) is 1.92. The number of aromatic nitrogens is 1. The van der Waals surface area contributed by atoms with Crippen LogP contribution in [0.1, 0.15) is 26.0 Å². The van der Waals surface area contributed by atoms with E-state index < -0.39 is 0 Å². The molecule has 3 nitrogen and oxygen atoms in total. The van der Waals surface area contributed by atoms with Crippen LogP contribution in [0.5, 0.6) is 0 Å². The minimum Gasteiger partial charge on any atom is -0.383 e. The van der Waals surface area contributed by atoms with E-state index in [1.807, 2.05) is 41.3 Å². The fraction of sp³-hybridized carbons (Fsp3) is 0.278. The molecule has 0 aliphatic rings. The van der Waals surface area contributed by atoms with Crippen molar-refractivity contribution in [2.75, 3.05) is 14.1 Å². The third kappa shape index (κ3) is 4.86. The molecule has 0 unspecified atom stereocenters. The Kier molecular flexibility index (Phi) is 8.02. The van der Waals surface area contributed by atoms with Crippen molar-refractivity contribution in [2.24, 2.45) is 0 Å². The lowest BCUT2D eigenvalue weighted by Crippen LogP contribution is -2.25. The second-order valence-electron chi connectivity index (χ2n) is 5.56. The highest BCUT2D eigenvalue weighted by atomic mass is 127. The van der Waals surface area contributed by atoms with Crippen molar-refractivity contribution in [2.45, 2.75) is 20.3 Å². The van der Waals surface area contributed by atoms with Gasteiger partial charge in [-0.2, -0.15) is 0 Å². The zero-order valence-corrected chi connectivity index (χ0v) is 17.5. The van der Waals surface area contributed by atoms with E-state index in [0.717, 1.165) is 21.8 Å². The van der Waals surface area contributed by atoms with Gasteiger partial charge in [0.2, 0.25) is 0 Å². The second kappa shape index (κ2) is 9.27. The summed E-state index contributed by atoms with van der Waals surface area (Å²) in [5, 5.41) is 9.27. The standard InChI is InChI=1S/C18H23FIN3S/c1-7-16(19)12(2)8-17-13(3)9-18(23(17)24-20)14(4)15(10-21)11-22(5)6/h8-11,21H,3-4,7H2,1-2,5-6H3/b15-11+,16-12+,17-8+,21-10?. The number of nitrogens with one attached hydrogen (secondary N) is 1. The van der Waals surface area contributed by atoms with Crippen LogP contribution in [0.15, 0.2) is 35.8 Å². The van der Waals surface area contributed by atoms with Crippen molar-refractivity contribution >= 4 is 54.8 Å². The first kappa shape index (κ1) is 20.8. The van der Waals surface area contributed by atoms with E-state index >= 15 is 0 Å². The molecule has 0 saturated heterocycles. The summed E-state index contributed by atoms with van der Waals surface area (Å²) in [4.78, 5) is 1.87. The zero-order valence-electron chi connectivity index (χ0n) is 14.5. The molecule has 130 valence electrons. The van der Waals surface area contributed by atoms with Gasteiger partial charge in [0, 0.05) is 68.0 Å². The summed E-state index contributed by atoms with van der Waals surface area (Å²) in [7, 11) is 5.27. The predicted molar refractivity (Wildman–Crippen MR) is 114 cm³/mol. The molecule has 0 fully saturated rings. The van der Waals surface area contributed by atoms with Gasteiger partial charge in [-0.15, -0.1) is 0 Å². The van der Waals surface area contributed by atoms with Crippen LogP contribution in [0.2, 0.25) is 0 Å². The molecule has 0 bridgehead atoms. The van der Waals surface area contributed by atoms with Crippen molar-refractivity contribution in [1.82, 2.24) is 8.87 Å². The maximum atomic E-state index is 13.8. The molecule has 1 N–H and O–H groups in total. The van der Waals surface area contributed by atoms with Crippen molar-refractivity contribution in [3.8, 4) is 0 Å². The van der Waals surface area contributed by atoms with Crippen LogP contribution in [-0.4, -0.2) is 29.2 Å². The Balaban J connectivity index is 3.59. The number of halogens is 2. The Hall–Kier alpha value is -1.28. The predicted octanol–water partition coefficient (Wildman–Crippen LogP) is 4.29. The van der Waals surface area contributed by atoms with Gasteiger partial charge in [0.15, 0.2) is 0 Å². The maximum absolute atomic E-state index is 13.8. The number of hydrogen-bond acceptors (Lipinski definition) is 3. The molecule has 0 spiro atoms. The zero-order chi connectivity index (χ0) is 18.4. The van der Waals surface area contributed by atoms with E-state index in [2.05, 4.69) is 34.4 Å². The number of rotatable bonds is 7. The van der Waals surface area contributed by atoms with Gasteiger partial charge in [0.05, 0.1) is 11.0 Å². The molecule has 1 heterocycles. The molecule has 0 aliphatic carbocycles. The van der Waals surface area contributed by atoms with E-state index in [9.17, 15) is 4.39 Å². The molecule has 6 heteroatoms. The molecule has 0 aliphatic heterocycles. The van der Waals surface area contributed by atoms with Crippen LogP contribution < -0.4 is 10.6 Å². The molecular formula is C18H23FIN3S. The molecule has 0 radical (unpaired) electrons. The fourth-order valence-electron chi connectivity index (χ4n) is 2.18. The molecule has 1 rings (SSSR count). The Morgan fingerprint density at radius 2 is 2.12 bits per heavy atom. The molecule has 0 atom stereocenters. The molecule has 0 saturated carbocycles. The fourth-order valence-corrected chi connectivity index (χ4v) is 3.94. The smallest absolute Gasteiger partial charge is 0.103 e. The highest BCUT2D eigenvalue weighted by Crippen LogP contribution is 2.24. The number of allylic oxidation sites excluding steroid dienone is 4. The molecule has 24 heavy (non-hydrogen) atoms. The van der Waals surface area contributed by atoms with Gasteiger partial charge in [-0.3, -0.25) is 3.97 Å². The topological polar surface area (TPSA) is 32.0 Å². The minimum absolute atomic E-state index is 0.131. The lowest BCUT2D eigenvalue weighted by molar-refractivity contribution is 0.562. The van der Waals surface area contributed by atoms with Crippen LogP contribution in [0, 0.1) is 5.41 Å². The van der Waals surface area contributed by atoms with Crippen LogP contribution in [0.4, 0.5) is 4.39 Å². The highest BCUT2D eigenvalue weighted by Gasteiger charge is 2.12. The summed E-state index contributed by atoms with van der Waals surface area (Å²) in [6.45, 7) is 11.8. The third-order valence-corrected chi connectivity index (χ3v) is 5.16. The summed E-state index contributed by atoms with van der Waals surface area (Å²) in [5.74, 6) is -0.131. The van der Waals surface area contributed by atoms with Crippen molar-refractivity contribution in [3.63, 3.8) is 0 Å². The van der Waals surface area contributed by atoms with Crippen molar-refractivity contribution in [3.05, 3.63) is 52.1 Å². The quantitative estimate of drug-likeness (QED) is 0.375. The molecule has 1 aromatic rings. The van der Waals surface area contributed by atoms with Crippen molar-refractivity contribution < 1.29 is 4.39 Å². The third-order valence-electron chi connectivity index (χ3n) is 3.45. The summed E-state index contributed by atoms with van der Waals surface area (Å²) in [6.07, 6.45) is 5.31. The summed E-state index contributed by atoms with van der Waals surface area (Å²) < 4.78 is 15.8. The Bertz CT molecular complexity index is 803. The molecule has 1 aromatic heterocycles. The Labute approximate surface area is 159 Å². The van der Waals surface area contributed by atoms with E-state index in [1.165, 1.54) is 15.3 Å². The lowest BCUT2D eigenvalue weighted by atomic mass is 10.1. The first-order valence-corrected chi connectivity index (χ1v) is 10.7. The van der Waals surface area contributed by atoms with Crippen LogP contribution >= 0.6 is 30.3 Å². The maximum Gasteiger partial charge on any atom is 0.103 e. The largest absolute Gasteiger partial charge is 0.383 e. The second-order valence-corrected chi connectivity index (χ2v) is 7.25. The van der Waals surface area contributed by atoms with Gasteiger partial charge < -0.3 is 10.3 Å². The van der Waals surface area contributed by atoms with Crippen LogP contribution in [-0.2, 0) is 0 Å². The van der Waals surface area contributed by atoms with Crippen LogP contribution in [0.25, 0.3) is 18.2 Å². The van der Waals surface area contributed by atoms with Gasteiger partial charge in [-0.25, -0.2) is 4.39 Å². The van der Waals surface area contributed by atoms with Crippen molar-refractivity contribution in [1.29, 1.82) is 5.41 Å². The van der Waals surface area contributed by atoms with E-state index in [4.69, 9.17) is 5.41 Å². The Morgan fingerprint density at radius 1 is 1.50 bits per heavy atom. The molecule has 0 aromatic carbocycles.